The number of nitro benzene ring substituents is 1. The average Bonchev–Trinajstić information content (AvgIpc) is 2.66. The molecule has 0 amide bonds. The molecular weight excluding hydrogens is 206 g/mol. The number of anilines is 1. The van der Waals surface area contributed by atoms with Crippen LogP contribution in [0, 0.1) is 10.1 Å². The highest BCUT2D eigenvalue weighted by molar-refractivity contribution is 5.63. The molecule has 0 aromatic heterocycles. The molecule has 2 atom stereocenters. The normalized spacial score (nSPS) is 26.8. The Morgan fingerprint density at radius 3 is 3.12 bits per heavy atom. The number of nitro groups is 1. The van der Waals surface area contributed by atoms with Crippen LogP contribution in [0.25, 0.3) is 0 Å². The summed E-state index contributed by atoms with van der Waals surface area (Å²) >= 11 is 0. The van der Waals surface area contributed by atoms with Crippen LogP contribution in [0.2, 0.25) is 0 Å². The number of non-ortho nitro benzene ring substituents is 1. The quantitative estimate of drug-likeness (QED) is 0.554. The van der Waals surface area contributed by atoms with Crippen LogP contribution in [0.3, 0.4) is 0 Å². The molecule has 5 heteroatoms. The molecular formula is C11H13N3O2. The van der Waals surface area contributed by atoms with Gasteiger partial charge >= 0.3 is 0 Å². The minimum absolute atomic E-state index is 0.187. The summed E-state index contributed by atoms with van der Waals surface area (Å²) in [6.07, 6.45) is 1.08. The monoisotopic (exact) mass is 219 g/mol. The lowest BCUT2D eigenvalue weighted by molar-refractivity contribution is -0.384. The number of hydrogen-bond acceptors (Lipinski definition) is 4. The Morgan fingerprint density at radius 2 is 2.31 bits per heavy atom. The van der Waals surface area contributed by atoms with Crippen LogP contribution in [0.1, 0.15) is 17.9 Å². The molecule has 1 saturated heterocycles. The number of nitrogens with zero attached hydrogens (tertiary/aromatic N) is 1. The van der Waals surface area contributed by atoms with Gasteiger partial charge in [-0.1, -0.05) is 0 Å². The Balaban J connectivity index is 2.00. The van der Waals surface area contributed by atoms with E-state index in [-0.39, 0.29) is 10.6 Å². The first-order chi connectivity index (χ1) is 7.75. The fraction of sp³-hybridized carbons (Fsp3) is 0.455. The smallest absolute Gasteiger partial charge is 0.269 e. The first kappa shape index (κ1) is 9.59. The third-order valence-corrected chi connectivity index (χ3v) is 3.47. The lowest BCUT2D eigenvalue weighted by Gasteiger charge is -2.26. The molecule has 1 aromatic carbocycles. The Morgan fingerprint density at radius 1 is 1.44 bits per heavy atom. The summed E-state index contributed by atoms with van der Waals surface area (Å²) in [6.45, 7) is 1.93. The summed E-state index contributed by atoms with van der Waals surface area (Å²) in [4.78, 5) is 10.4. The van der Waals surface area contributed by atoms with Gasteiger partial charge in [0.2, 0.25) is 0 Å². The van der Waals surface area contributed by atoms with Crippen LogP contribution in [0.15, 0.2) is 18.2 Å². The largest absolute Gasteiger partial charge is 0.381 e. The van der Waals surface area contributed by atoms with Gasteiger partial charge in [0.25, 0.3) is 5.69 Å². The van der Waals surface area contributed by atoms with Crippen molar-refractivity contribution in [1.29, 1.82) is 0 Å². The van der Waals surface area contributed by atoms with E-state index in [1.54, 1.807) is 12.1 Å². The van der Waals surface area contributed by atoms with Gasteiger partial charge in [0.15, 0.2) is 0 Å². The van der Waals surface area contributed by atoms with E-state index in [0.717, 1.165) is 30.8 Å². The second kappa shape index (κ2) is 3.45. The van der Waals surface area contributed by atoms with E-state index in [9.17, 15) is 10.1 Å². The molecule has 2 aliphatic heterocycles. The van der Waals surface area contributed by atoms with Crippen molar-refractivity contribution in [3.63, 3.8) is 0 Å². The molecule has 1 fully saturated rings. The predicted octanol–water partition coefficient (Wildman–Crippen LogP) is 1.47. The van der Waals surface area contributed by atoms with Gasteiger partial charge in [-0.15, -0.1) is 0 Å². The molecule has 2 heterocycles. The maximum Gasteiger partial charge on any atom is 0.269 e. The number of piperidine rings is 1. The second-order valence-corrected chi connectivity index (χ2v) is 4.38. The summed E-state index contributed by atoms with van der Waals surface area (Å²) in [7, 11) is 0. The van der Waals surface area contributed by atoms with Crippen LogP contribution in [0.5, 0.6) is 0 Å². The Labute approximate surface area is 93.0 Å². The van der Waals surface area contributed by atoms with Gasteiger partial charge in [0.1, 0.15) is 0 Å². The number of fused-ring (bicyclic) bond motifs is 3. The van der Waals surface area contributed by atoms with Crippen molar-refractivity contribution in [1.82, 2.24) is 5.32 Å². The SMILES string of the molecule is O=[N+]([O-])c1ccc2c(c1)C1CNCCC1N2. The Hall–Kier alpha value is -1.62. The third-order valence-electron chi connectivity index (χ3n) is 3.47. The van der Waals surface area contributed by atoms with E-state index >= 15 is 0 Å². The molecule has 0 radical (unpaired) electrons. The van der Waals surface area contributed by atoms with Gasteiger partial charge in [-0.3, -0.25) is 10.1 Å². The van der Waals surface area contributed by atoms with Crippen LogP contribution in [-0.2, 0) is 0 Å². The molecule has 5 nitrogen and oxygen atoms in total. The topological polar surface area (TPSA) is 67.2 Å². The highest BCUT2D eigenvalue weighted by Crippen LogP contribution is 2.39. The zero-order valence-electron chi connectivity index (χ0n) is 8.77. The van der Waals surface area contributed by atoms with E-state index < -0.39 is 0 Å². The van der Waals surface area contributed by atoms with Gasteiger partial charge in [-0.2, -0.15) is 0 Å². The van der Waals surface area contributed by atoms with Gasteiger partial charge in [-0.05, 0) is 24.6 Å². The average molecular weight is 219 g/mol. The molecule has 0 bridgehead atoms. The van der Waals surface area contributed by atoms with Crippen molar-refractivity contribution in [2.45, 2.75) is 18.4 Å². The standard InChI is InChI=1S/C11H13N3O2/c15-14(16)7-1-2-10-8(5-7)9-6-12-4-3-11(9)13-10/h1-2,5,9,11-13H,3-4,6H2. The van der Waals surface area contributed by atoms with Gasteiger partial charge in [-0.25, -0.2) is 0 Å². The minimum atomic E-state index is -0.330. The fourth-order valence-corrected chi connectivity index (χ4v) is 2.66. The third kappa shape index (κ3) is 1.36. The molecule has 3 rings (SSSR count). The molecule has 1 aromatic rings. The highest BCUT2D eigenvalue weighted by Gasteiger charge is 2.34. The molecule has 0 saturated carbocycles. The van der Waals surface area contributed by atoms with Crippen molar-refractivity contribution in [2.24, 2.45) is 0 Å². The molecule has 84 valence electrons. The summed E-state index contributed by atoms with van der Waals surface area (Å²) in [6, 6.07) is 5.54. The maximum absolute atomic E-state index is 10.7. The predicted molar refractivity (Wildman–Crippen MR) is 60.7 cm³/mol. The summed E-state index contributed by atoms with van der Waals surface area (Å²) in [5.74, 6) is 0.378. The van der Waals surface area contributed by atoms with Gasteiger partial charge < -0.3 is 10.6 Å². The molecule has 0 spiro atoms. The van der Waals surface area contributed by atoms with Crippen molar-refractivity contribution < 1.29 is 4.92 Å². The van der Waals surface area contributed by atoms with E-state index in [2.05, 4.69) is 10.6 Å². The lowest BCUT2D eigenvalue weighted by atomic mass is 9.90. The van der Waals surface area contributed by atoms with Crippen molar-refractivity contribution in [2.75, 3.05) is 18.4 Å². The fourth-order valence-electron chi connectivity index (χ4n) is 2.66. The number of rotatable bonds is 1. The molecule has 16 heavy (non-hydrogen) atoms. The first-order valence-corrected chi connectivity index (χ1v) is 5.51. The summed E-state index contributed by atoms with van der Waals surface area (Å²) in [5.41, 5.74) is 2.34. The van der Waals surface area contributed by atoms with Crippen LogP contribution < -0.4 is 10.6 Å². The zero-order valence-corrected chi connectivity index (χ0v) is 8.77. The van der Waals surface area contributed by atoms with Crippen molar-refractivity contribution in [3.05, 3.63) is 33.9 Å². The van der Waals surface area contributed by atoms with Gasteiger partial charge in [0.05, 0.1) is 4.92 Å². The zero-order chi connectivity index (χ0) is 11.1. The highest BCUT2D eigenvalue weighted by atomic mass is 16.6. The van der Waals surface area contributed by atoms with Crippen molar-refractivity contribution in [3.8, 4) is 0 Å². The molecule has 2 aliphatic rings. The van der Waals surface area contributed by atoms with E-state index in [1.807, 2.05) is 6.07 Å². The first-order valence-electron chi connectivity index (χ1n) is 5.51. The van der Waals surface area contributed by atoms with Crippen molar-refractivity contribution >= 4 is 11.4 Å². The van der Waals surface area contributed by atoms with Gasteiger partial charge in [0, 0.05) is 36.3 Å². The summed E-state index contributed by atoms with van der Waals surface area (Å²) in [5, 5.41) is 17.5. The summed E-state index contributed by atoms with van der Waals surface area (Å²) < 4.78 is 0. The van der Waals surface area contributed by atoms with Crippen LogP contribution >= 0.6 is 0 Å². The van der Waals surface area contributed by atoms with E-state index in [4.69, 9.17) is 0 Å². The number of benzene rings is 1. The number of nitrogens with one attached hydrogen (secondary N) is 2. The maximum atomic E-state index is 10.7. The van der Waals surface area contributed by atoms with E-state index in [0.29, 0.717) is 12.0 Å². The van der Waals surface area contributed by atoms with Crippen LogP contribution in [0.4, 0.5) is 11.4 Å². The Kier molecular flexibility index (Phi) is 2.07. The Bertz CT molecular complexity index is 447. The van der Waals surface area contributed by atoms with E-state index in [1.165, 1.54) is 0 Å². The number of hydrogen-bond donors (Lipinski definition) is 2. The minimum Gasteiger partial charge on any atom is -0.381 e. The lowest BCUT2D eigenvalue weighted by Crippen LogP contribution is -2.38. The van der Waals surface area contributed by atoms with Crippen LogP contribution in [-0.4, -0.2) is 24.1 Å². The molecule has 0 aliphatic carbocycles. The molecule has 2 N–H and O–H groups in total. The second-order valence-electron chi connectivity index (χ2n) is 4.38. The molecule has 2 unspecified atom stereocenters.